The first-order valence-electron chi connectivity index (χ1n) is 12.9. The Hall–Kier alpha value is -3.48. The summed E-state index contributed by atoms with van der Waals surface area (Å²) < 4.78 is 2.15. The molecule has 1 aliphatic carbocycles. The molecule has 7 heteroatoms. The number of aliphatic hydroxyl groups excluding tert-OH is 1. The number of benzene rings is 2. The fourth-order valence-corrected chi connectivity index (χ4v) is 5.70. The minimum absolute atomic E-state index is 0.0596. The standard InChI is InChI=1S/C30H30ClN5O/c1-19-25-12-13-36(30(25)34-18-33-19)27-15-22(16-28(27)37)3-2-20-4-7-23-8-11-29(35-26(23)14-20)32-17-21-5-9-24(31)10-6-21/h4-14,18,22,27-28,37H,2-3,15-17H2,1H3,(H,32,35)/t22-,27+,28+/m0/s1. The lowest BCUT2D eigenvalue weighted by Gasteiger charge is -2.17. The smallest absolute Gasteiger partial charge is 0.143 e. The molecule has 0 saturated heterocycles. The van der Waals surface area contributed by atoms with Crippen LogP contribution in [0.4, 0.5) is 5.82 Å². The number of halogens is 1. The first-order chi connectivity index (χ1) is 18.0. The van der Waals surface area contributed by atoms with E-state index in [1.165, 1.54) is 5.56 Å². The van der Waals surface area contributed by atoms with Crippen LogP contribution in [0.25, 0.3) is 21.9 Å². The van der Waals surface area contributed by atoms with Crippen LogP contribution < -0.4 is 5.32 Å². The number of pyridine rings is 1. The van der Waals surface area contributed by atoms with Gasteiger partial charge in [0.15, 0.2) is 0 Å². The van der Waals surface area contributed by atoms with Gasteiger partial charge in [0.2, 0.25) is 0 Å². The Bertz CT molecular complexity index is 1550. The molecule has 1 aliphatic rings. The lowest BCUT2D eigenvalue weighted by Crippen LogP contribution is -2.17. The van der Waals surface area contributed by atoms with Crippen LogP contribution in [-0.2, 0) is 13.0 Å². The molecule has 6 rings (SSSR count). The molecular formula is C30H30ClN5O. The van der Waals surface area contributed by atoms with E-state index in [9.17, 15) is 5.11 Å². The zero-order chi connectivity index (χ0) is 25.4. The summed E-state index contributed by atoms with van der Waals surface area (Å²) in [6.07, 6.45) is 7.09. The van der Waals surface area contributed by atoms with E-state index in [4.69, 9.17) is 16.6 Å². The third-order valence-corrected chi connectivity index (χ3v) is 7.90. The van der Waals surface area contributed by atoms with Gasteiger partial charge in [-0.2, -0.15) is 0 Å². The number of hydrogen-bond acceptors (Lipinski definition) is 5. The average Bonchev–Trinajstić information content (AvgIpc) is 3.50. The Morgan fingerprint density at radius 3 is 2.68 bits per heavy atom. The third-order valence-electron chi connectivity index (χ3n) is 7.64. The predicted octanol–water partition coefficient (Wildman–Crippen LogP) is 6.50. The summed E-state index contributed by atoms with van der Waals surface area (Å²) in [7, 11) is 0. The number of nitrogens with zero attached hydrogens (tertiary/aromatic N) is 4. The molecule has 2 aromatic carbocycles. The molecular weight excluding hydrogens is 482 g/mol. The molecule has 3 aromatic heterocycles. The highest BCUT2D eigenvalue weighted by Crippen LogP contribution is 2.39. The monoisotopic (exact) mass is 511 g/mol. The van der Waals surface area contributed by atoms with Crippen LogP contribution in [0.5, 0.6) is 0 Å². The molecule has 1 fully saturated rings. The molecule has 188 valence electrons. The summed E-state index contributed by atoms with van der Waals surface area (Å²) in [5.74, 6) is 1.33. The highest BCUT2D eigenvalue weighted by molar-refractivity contribution is 6.30. The normalized spacial score (nSPS) is 19.6. The highest BCUT2D eigenvalue weighted by Gasteiger charge is 2.34. The van der Waals surface area contributed by atoms with Crippen LogP contribution in [0.1, 0.15) is 42.1 Å². The summed E-state index contributed by atoms with van der Waals surface area (Å²) >= 11 is 5.99. The molecule has 0 unspecified atom stereocenters. The molecule has 2 N–H and O–H groups in total. The summed E-state index contributed by atoms with van der Waals surface area (Å²) in [6, 6.07) is 20.7. The Kier molecular flexibility index (Phi) is 6.53. The number of hydrogen-bond donors (Lipinski definition) is 2. The zero-order valence-corrected chi connectivity index (χ0v) is 21.6. The maximum atomic E-state index is 10.9. The average molecular weight is 512 g/mol. The molecule has 0 amide bonds. The topological polar surface area (TPSA) is 75.9 Å². The number of rotatable bonds is 7. The van der Waals surface area contributed by atoms with Crippen LogP contribution in [-0.4, -0.2) is 30.7 Å². The molecule has 0 bridgehead atoms. The Balaban J connectivity index is 1.11. The Morgan fingerprint density at radius 2 is 1.81 bits per heavy atom. The van der Waals surface area contributed by atoms with Crippen molar-refractivity contribution in [1.29, 1.82) is 0 Å². The maximum absolute atomic E-state index is 10.9. The summed E-state index contributed by atoms with van der Waals surface area (Å²) in [4.78, 5) is 13.6. The van der Waals surface area contributed by atoms with Gasteiger partial charge < -0.3 is 15.0 Å². The Labute approximate surface area is 221 Å². The van der Waals surface area contributed by atoms with Gasteiger partial charge in [-0.25, -0.2) is 15.0 Å². The predicted molar refractivity (Wildman–Crippen MR) is 149 cm³/mol. The van der Waals surface area contributed by atoms with E-state index < -0.39 is 0 Å². The minimum atomic E-state index is -0.358. The van der Waals surface area contributed by atoms with Gasteiger partial charge in [-0.1, -0.05) is 35.9 Å². The fraction of sp³-hybridized carbons (Fsp3) is 0.300. The molecule has 37 heavy (non-hydrogen) atoms. The van der Waals surface area contributed by atoms with E-state index in [1.807, 2.05) is 37.3 Å². The van der Waals surface area contributed by atoms with Crippen molar-refractivity contribution in [2.75, 3.05) is 5.32 Å². The number of aryl methyl sites for hydroxylation is 2. The van der Waals surface area contributed by atoms with Crippen LogP contribution >= 0.6 is 11.6 Å². The quantitative estimate of drug-likeness (QED) is 0.261. The number of aliphatic hydroxyl groups is 1. The first kappa shape index (κ1) is 23.9. The van der Waals surface area contributed by atoms with E-state index in [2.05, 4.69) is 56.4 Å². The molecule has 0 spiro atoms. The van der Waals surface area contributed by atoms with E-state index >= 15 is 0 Å². The van der Waals surface area contributed by atoms with Crippen LogP contribution in [0.15, 0.2) is 73.2 Å². The zero-order valence-electron chi connectivity index (χ0n) is 20.8. The van der Waals surface area contributed by atoms with Gasteiger partial charge in [0.25, 0.3) is 0 Å². The van der Waals surface area contributed by atoms with Crippen molar-refractivity contribution in [1.82, 2.24) is 19.5 Å². The molecule has 6 nitrogen and oxygen atoms in total. The highest BCUT2D eigenvalue weighted by atomic mass is 35.5. The van der Waals surface area contributed by atoms with Gasteiger partial charge in [-0.3, -0.25) is 0 Å². The third kappa shape index (κ3) is 5.04. The minimum Gasteiger partial charge on any atom is -0.391 e. The molecule has 3 atom stereocenters. The van der Waals surface area contributed by atoms with Gasteiger partial charge >= 0.3 is 0 Å². The number of nitrogens with one attached hydrogen (secondary N) is 1. The van der Waals surface area contributed by atoms with E-state index in [0.717, 1.165) is 69.7 Å². The van der Waals surface area contributed by atoms with Crippen molar-refractivity contribution >= 4 is 39.4 Å². The number of aromatic nitrogens is 4. The first-order valence-corrected chi connectivity index (χ1v) is 13.3. The SMILES string of the molecule is Cc1ncnc2c1ccn2[C@@H]1C[C@H](CCc2ccc3ccc(NCc4ccc(Cl)cc4)nc3c2)C[C@H]1O. The van der Waals surface area contributed by atoms with Crippen molar-refractivity contribution in [2.45, 2.75) is 51.3 Å². The van der Waals surface area contributed by atoms with Crippen molar-refractivity contribution in [3.63, 3.8) is 0 Å². The molecule has 1 saturated carbocycles. The van der Waals surface area contributed by atoms with E-state index in [0.29, 0.717) is 12.5 Å². The lowest BCUT2D eigenvalue weighted by atomic mass is 9.97. The summed E-state index contributed by atoms with van der Waals surface area (Å²) in [5, 5.41) is 17.2. The number of anilines is 1. The second kappa shape index (κ2) is 10.1. The van der Waals surface area contributed by atoms with Crippen LogP contribution in [0.2, 0.25) is 5.02 Å². The van der Waals surface area contributed by atoms with Gasteiger partial charge in [-0.05, 0) is 86.1 Å². The van der Waals surface area contributed by atoms with Crippen molar-refractivity contribution in [3.05, 3.63) is 95.0 Å². The van der Waals surface area contributed by atoms with Gasteiger partial charge in [0.1, 0.15) is 17.8 Å². The van der Waals surface area contributed by atoms with Crippen molar-refractivity contribution in [3.8, 4) is 0 Å². The fourth-order valence-electron chi connectivity index (χ4n) is 5.58. The van der Waals surface area contributed by atoms with Crippen molar-refractivity contribution < 1.29 is 5.11 Å². The maximum Gasteiger partial charge on any atom is 0.143 e. The number of fused-ring (bicyclic) bond motifs is 2. The second-order valence-corrected chi connectivity index (χ2v) is 10.6. The largest absolute Gasteiger partial charge is 0.391 e. The lowest BCUT2D eigenvalue weighted by molar-refractivity contribution is 0.136. The van der Waals surface area contributed by atoms with Gasteiger partial charge in [0.05, 0.1) is 23.4 Å². The van der Waals surface area contributed by atoms with Gasteiger partial charge in [-0.15, -0.1) is 0 Å². The summed E-state index contributed by atoms with van der Waals surface area (Å²) in [5.41, 5.74) is 5.33. The van der Waals surface area contributed by atoms with E-state index in [-0.39, 0.29) is 12.1 Å². The molecule has 5 aromatic rings. The van der Waals surface area contributed by atoms with Crippen LogP contribution in [0.3, 0.4) is 0 Å². The van der Waals surface area contributed by atoms with Crippen molar-refractivity contribution in [2.24, 2.45) is 5.92 Å². The second-order valence-electron chi connectivity index (χ2n) is 10.1. The Morgan fingerprint density at radius 1 is 1.00 bits per heavy atom. The van der Waals surface area contributed by atoms with Crippen LogP contribution in [0, 0.1) is 12.8 Å². The molecule has 0 radical (unpaired) electrons. The van der Waals surface area contributed by atoms with Gasteiger partial charge in [0, 0.05) is 28.5 Å². The summed E-state index contributed by atoms with van der Waals surface area (Å²) in [6.45, 7) is 2.70. The molecule has 0 aliphatic heterocycles. The molecule has 3 heterocycles. The van der Waals surface area contributed by atoms with E-state index in [1.54, 1.807) is 6.33 Å².